The van der Waals surface area contributed by atoms with E-state index < -0.39 is 16.0 Å². The third-order valence-electron chi connectivity index (χ3n) is 3.18. The Morgan fingerprint density at radius 3 is 2.52 bits per heavy atom. The van der Waals surface area contributed by atoms with Crippen molar-refractivity contribution in [2.75, 3.05) is 20.7 Å². The number of aromatic carboxylic acids is 1. The molecule has 0 aliphatic rings. The van der Waals surface area contributed by atoms with E-state index in [0.717, 1.165) is 25.3 Å². The monoisotopic (exact) mass is 315 g/mol. The molecule has 0 radical (unpaired) electrons. The van der Waals surface area contributed by atoms with Crippen molar-refractivity contribution >= 4 is 16.0 Å². The van der Waals surface area contributed by atoms with Crippen molar-refractivity contribution in [3.05, 3.63) is 23.8 Å². The highest BCUT2D eigenvalue weighted by Crippen LogP contribution is 2.27. The van der Waals surface area contributed by atoms with Crippen LogP contribution in [0.15, 0.2) is 23.1 Å². The largest absolute Gasteiger partial charge is 0.495 e. The van der Waals surface area contributed by atoms with Gasteiger partial charge in [-0.25, -0.2) is 17.5 Å². The van der Waals surface area contributed by atoms with Crippen LogP contribution >= 0.6 is 0 Å². The number of hydrogen-bond donors (Lipinski definition) is 1. The first-order valence-electron chi connectivity index (χ1n) is 6.72. The molecule has 0 saturated heterocycles. The Morgan fingerprint density at radius 1 is 1.33 bits per heavy atom. The van der Waals surface area contributed by atoms with Crippen LogP contribution in [-0.2, 0) is 10.0 Å². The van der Waals surface area contributed by atoms with Gasteiger partial charge < -0.3 is 9.84 Å². The second-order valence-electron chi connectivity index (χ2n) is 4.70. The van der Waals surface area contributed by atoms with Gasteiger partial charge in [0, 0.05) is 13.6 Å². The minimum Gasteiger partial charge on any atom is -0.495 e. The third-order valence-corrected chi connectivity index (χ3v) is 5.05. The molecule has 0 aliphatic heterocycles. The van der Waals surface area contributed by atoms with Gasteiger partial charge in [-0.3, -0.25) is 0 Å². The quantitative estimate of drug-likeness (QED) is 0.744. The molecule has 0 heterocycles. The van der Waals surface area contributed by atoms with Crippen molar-refractivity contribution in [2.24, 2.45) is 0 Å². The summed E-state index contributed by atoms with van der Waals surface area (Å²) < 4.78 is 31.3. The molecule has 7 heteroatoms. The number of carboxylic acid groups (broad SMARTS) is 1. The SMILES string of the molecule is CCCCCN(C)S(=O)(=O)c1cc(C(=O)O)ccc1OC. The maximum Gasteiger partial charge on any atom is 0.335 e. The molecule has 21 heavy (non-hydrogen) atoms. The molecule has 0 aliphatic carbocycles. The second-order valence-corrected chi connectivity index (χ2v) is 6.72. The summed E-state index contributed by atoms with van der Waals surface area (Å²) in [6.45, 7) is 2.42. The van der Waals surface area contributed by atoms with Crippen LogP contribution in [0.25, 0.3) is 0 Å². The summed E-state index contributed by atoms with van der Waals surface area (Å²) in [6.07, 6.45) is 2.69. The van der Waals surface area contributed by atoms with Crippen molar-refractivity contribution < 1.29 is 23.1 Å². The van der Waals surface area contributed by atoms with Gasteiger partial charge in [-0.05, 0) is 24.6 Å². The zero-order chi connectivity index (χ0) is 16.0. The van der Waals surface area contributed by atoms with Gasteiger partial charge >= 0.3 is 5.97 Å². The lowest BCUT2D eigenvalue weighted by atomic mass is 10.2. The molecule has 1 rings (SSSR count). The fourth-order valence-electron chi connectivity index (χ4n) is 1.88. The highest BCUT2D eigenvalue weighted by atomic mass is 32.2. The van der Waals surface area contributed by atoms with E-state index >= 15 is 0 Å². The molecule has 0 atom stereocenters. The smallest absolute Gasteiger partial charge is 0.335 e. The van der Waals surface area contributed by atoms with Gasteiger partial charge in [-0.1, -0.05) is 19.8 Å². The summed E-state index contributed by atoms with van der Waals surface area (Å²) in [7, 11) is -0.936. The summed E-state index contributed by atoms with van der Waals surface area (Å²) in [5, 5.41) is 9.00. The van der Waals surface area contributed by atoms with Crippen LogP contribution in [0.2, 0.25) is 0 Å². The predicted octanol–water partition coefficient (Wildman–Crippen LogP) is 2.20. The van der Waals surface area contributed by atoms with Crippen LogP contribution in [0.1, 0.15) is 36.5 Å². The Morgan fingerprint density at radius 2 is 2.00 bits per heavy atom. The zero-order valence-electron chi connectivity index (χ0n) is 12.5. The van der Waals surface area contributed by atoms with Gasteiger partial charge in [0.1, 0.15) is 10.6 Å². The minimum absolute atomic E-state index is 0.0867. The Bertz CT molecular complexity index is 597. The van der Waals surface area contributed by atoms with E-state index in [4.69, 9.17) is 9.84 Å². The van der Waals surface area contributed by atoms with Gasteiger partial charge in [-0.15, -0.1) is 0 Å². The molecular weight excluding hydrogens is 294 g/mol. The van der Waals surface area contributed by atoms with E-state index in [1.165, 1.54) is 30.6 Å². The number of unbranched alkanes of at least 4 members (excludes halogenated alkanes) is 2. The molecule has 0 bridgehead atoms. The van der Waals surface area contributed by atoms with E-state index in [1.807, 2.05) is 6.92 Å². The van der Waals surface area contributed by atoms with E-state index in [9.17, 15) is 13.2 Å². The molecule has 0 unspecified atom stereocenters. The van der Waals surface area contributed by atoms with Gasteiger partial charge in [-0.2, -0.15) is 0 Å². The highest BCUT2D eigenvalue weighted by molar-refractivity contribution is 7.89. The molecule has 6 nitrogen and oxygen atoms in total. The number of benzene rings is 1. The number of methoxy groups -OCH3 is 1. The fourth-order valence-corrected chi connectivity index (χ4v) is 3.27. The van der Waals surface area contributed by atoms with Crippen LogP contribution in [0.3, 0.4) is 0 Å². The molecule has 0 fully saturated rings. The number of ether oxygens (including phenoxy) is 1. The topological polar surface area (TPSA) is 83.9 Å². The first-order valence-corrected chi connectivity index (χ1v) is 8.16. The predicted molar refractivity (Wildman–Crippen MR) is 79.3 cm³/mol. The molecular formula is C14H21NO5S. The van der Waals surface area contributed by atoms with Gasteiger partial charge in [0.2, 0.25) is 10.0 Å². The lowest BCUT2D eigenvalue weighted by Crippen LogP contribution is -2.28. The molecule has 1 N–H and O–H groups in total. The van der Waals surface area contributed by atoms with E-state index in [1.54, 1.807) is 0 Å². The Kier molecular flexibility index (Phi) is 6.17. The van der Waals surface area contributed by atoms with E-state index in [0.29, 0.717) is 6.54 Å². The summed E-state index contributed by atoms with van der Waals surface area (Å²) >= 11 is 0. The average molecular weight is 315 g/mol. The van der Waals surface area contributed by atoms with Crippen molar-refractivity contribution in [3.63, 3.8) is 0 Å². The van der Waals surface area contributed by atoms with Crippen molar-refractivity contribution in [1.29, 1.82) is 0 Å². The lowest BCUT2D eigenvalue weighted by Gasteiger charge is -2.19. The van der Waals surface area contributed by atoms with Crippen LogP contribution in [0.4, 0.5) is 0 Å². The molecule has 118 valence electrons. The molecule has 0 saturated carbocycles. The van der Waals surface area contributed by atoms with Crippen molar-refractivity contribution in [3.8, 4) is 5.75 Å². The maximum atomic E-state index is 12.5. The standard InChI is InChI=1S/C14H21NO5S/c1-4-5-6-9-15(2)21(18,19)13-10-11(14(16)17)7-8-12(13)20-3/h7-8,10H,4-6,9H2,1-3H3,(H,16,17). The lowest BCUT2D eigenvalue weighted by molar-refractivity contribution is 0.0696. The Balaban J connectivity index is 3.16. The number of hydrogen-bond acceptors (Lipinski definition) is 4. The zero-order valence-corrected chi connectivity index (χ0v) is 13.3. The van der Waals surface area contributed by atoms with Gasteiger partial charge in [0.05, 0.1) is 12.7 Å². The summed E-state index contributed by atoms with van der Waals surface area (Å²) in [5.74, 6) is -1.04. The maximum absolute atomic E-state index is 12.5. The minimum atomic E-state index is -3.77. The summed E-state index contributed by atoms with van der Waals surface area (Å²) in [6, 6.07) is 3.81. The summed E-state index contributed by atoms with van der Waals surface area (Å²) in [4.78, 5) is 10.9. The van der Waals surface area contributed by atoms with E-state index in [-0.39, 0.29) is 16.2 Å². The molecule has 0 amide bonds. The number of sulfonamides is 1. The van der Waals surface area contributed by atoms with Crippen molar-refractivity contribution in [2.45, 2.75) is 31.1 Å². The molecule has 0 aromatic heterocycles. The molecule has 1 aromatic rings. The number of rotatable bonds is 8. The van der Waals surface area contributed by atoms with Crippen LogP contribution in [0, 0.1) is 0 Å². The Labute approximate surface area is 125 Å². The third kappa shape index (κ3) is 4.18. The first-order chi connectivity index (χ1) is 9.84. The van der Waals surface area contributed by atoms with Crippen molar-refractivity contribution in [1.82, 2.24) is 4.31 Å². The number of carbonyl (C=O) groups is 1. The fraction of sp³-hybridized carbons (Fsp3) is 0.500. The summed E-state index contributed by atoms with van der Waals surface area (Å²) in [5.41, 5.74) is -0.0867. The first kappa shape index (κ1) is 17.5. The normalized spacial score (nSPS) is 11.6. The van der Waals surface area contributed by atoms with Gasteiger partial charge in [0.15, 0.2) is 0 Å². The average Bonchev–Trinajstić information content (AvgIpc) is 2.46. The van der Waals surface area contributed by atoms with Gasteiger partial charge in [0.25, 0.3) is 0 Å². The van der Waals surface area contributed by atoms with E-state index in [2.05, 4.69) is 0 Å². The number of carboxylic acids is 1. The van der Waals surface area contributed by atoms with Crippen LogP contribution in [0.5, 0.6) is 5.75 Å². The molecule has 1 aromatic carbocycles. The Hall–Kier alpha value is -1.60. The number of nitrogens with zero attached hydrogens (tertiary/aromatic N) is 1. The molecule has 0 spiro atoms. The van der Waals surface area contributed by atoms with Crippen LogP contribution in [-0.4, -0.2) is 44.5 Å². The highest BCUT2D eigenvalue weighted by Gasteiger charge is 2.25. The second kappa shape index (κ2) is 7.42. The van der Waals surface area contributed by atoms with Crippen LogP contribution < -0.4 is 4.74 Å².